The molecule has 0 saturated carbocycles. The lowest BCUT2D eigenvalue weighted by molar-refractivity contribution is -0.384. The number of carbonyl (C=O) groups excluding carboxylic acids is 1. The number of hydrogen-bond acceptors (Lipinski definition) is 3. The molecule has 0 spiro atoms. The lowest BCUT2D eigenvalue weighted by atomic mass is 10.1. The van der Waals surface area contributed by atoms with Gasteiger partial charge in [-0.3, -0.25) is 14.9 Å². The number of carbonyl (C=O) groups is 1. The summed E-state index contributed by atoms with van der Waals surface area (Å²) in [4.78, 5) is 22.2. The van der Waals surface area contributed by atoms with Gasteiger partial charge in [0, 0.05) is 24.2 Å². The van der Waals surface area contributed by atoms with E-state index in [1.54, 1.807) is 13.0 Å². The summed E-state index contributed by atoms with van der Waals surface area (Å²) in [5, 5.41) is 13.2. The minimum absolute atomic E-state index is 0.0953. The monoisotopic (exact) mass is 284 g/mol. The van der Waals surface area contributed by atoms with Gasteiger partial charge in [0.15, 0.2) is 0 Å². The third kappa shape index (κ3) is 4.21. The van der Waals surface area contributed by atoms with Gasteiger partial charge in [0.05, 0.1) is 10.3 Å². The number of benzene rings is 1. The van der Waals surface area contributed by atoms with E-state index in [1.165, 1.54) is 12.1 Å². The quantitative estimate of drug-likeness (QED) is 0.513. The molecule has 0 radical (unpaired) electrons. The maximum Gasteiger partial charge on any atom is 0.270 e. The lowest BCUT2D eigenvalue weighted by Gasteiger charge is -2.14. The third-order valence-electron chi connectivity index (χ3n) is 2.86. The van der Waals surface area contributed by atoms with Gasteiger partial charge in [-0.1, -0.05) is 19.9 Å². The molecule has 1 N–H and O–H groups in total. The molecule has 0 aliphatic carbocycles. The maximum absolute atomic E-state index is 12.0. The Labute approximate surface area is 117 Å². The first-order valence-corrected chi connectivity index (χ1v) is 6.44. The molecule has 0 fully saturated rings. The number of amides is 1. The van der Waals surface area contributed by atoms with Crippen LogP contribution in [-0.2, 0) is 0 Å². The Kier molecular flexibility index (Phi) is 5.30. The van der Waals surface area contributed by atoms with Crippen LogP contribution in [0.1, 0.15) is 29.8 Å². The number of aryl methyl sites for hydroxylation is 1. The first kappa shape index (κ1) is 15.4. The van der Waals surface area contributed by atoms with Crippen LogP contribution in [0.4, 0.5) is 5.69 Å². The Morgan fingerprint density at radius 2 is 2.11 bits per heavy atom. The predicted molar refractivity (Wildman–Crippen MR) is 74.6 cm³/mol. The highest BCUT2D eigenvalue weighted by Gasteiger charge is 2.16. The molecular formula is C13H17ClN2O3. The Morgan fingerprint density at radius 3 is 2.63 bits per heavy atom. The summed E-state index contributed by atoms with van der Waals surface area (Å²) in [6.07, 6.45) is 0. The summed E-state index contributed by atoms with van der Waals surface area (Å²) in [6, 6.07) is 4.22. The fourth-order valence-corrected chi connectivity index (χ4v) is 1.57. The first-order chi connectivity index (χ1) is 8.82. The van der Waals surface area contributed by atoms with Gasteiger partial charge in [-0.15, -0.1) is 11.6 Å². The second kappa shape index (κ2) is 6.52. The van der Waals surface area contributed by atoms with Crippen LogP contribution in [-0.4, -0.2) is 22.8 Å². The van der Waals surface area contributed by atoms with Crippen LogP contribution in [0.3, 0.4) is 0 Å². The average Bonchev–Trinajstić information content (AvgIpc) is 2.35. The number of nitrogens with one attached hydrogen (secondary N) is 1. The summed E-state index contributed by atoms with van der Waals surface area (Å²) < 4.78 is 0. The highest BCUT2D eigenvalue weighted by atomic mass is 35.5. The lowest BCUT2D eigenvalue weighted by Crippen LogP contribution is -2.32. The van der Waals surface area contributed by atoms with Crippen molar-refractivity contribution in [3.8, 4) is 0 Å². The Hall–Kier alpha value is -1.62. The van der Waals surface area contributed by atoms with Crippen LogP contribution < -0.4 is 5.32 Å². The number of nitro benzene ring substituents is 1. The molecule has 6 heteroatoms. The number of nitro groups is 1. The molecule has 1 unspecified atom stereocenters. The van der Waals surface area contributed by atoms with E-state index in [4.69, 9.17) is 11.6 Å². The van der Waals surface area contributed by atoms with Crippen molar-refractivity contribution in [1.29, 1.82) is 0 Å². The molecule has 0 heterocycles. The summed E-state index contributed by atoms with van der Waals surface area (Å²) in [6.45, 7) is 5.99. The molecule has 0 saturated heterocycles. The van der Waals surface area contributed by atoms with Crippen molar-refractivity contribution in [1.82, 2.24) is 5.32 Å². The summed E-state index contributed by atoms with van der Waals surface area (Å²) >= 11 is 6.05. The second-order valence-electron chi connectivity index (χ2n) is 4.73. The zero-order valence-corrected chi connectivity index (χ0v) is 11.9. The molecule has 0 aromatic heterocycles. The van der Waals surface area contributed by atoms with E-state index in [-0.39, 0.29) is 22.9 Å². The molecule has 1 atom stereocenters. The molecule has 1 amide bonds. The van der Waals surface area contributed by atoms with Crippen LogP contribution in [0.5, 0.6) is 0 Å². The van der Waals surface area contributed by atoms with Crippen LogP contribution in [0.25, 0.3) is 0 Å². The first-order valence-electron chi connectivity index (χ1n) is 6.00. The number of alkyl halides is 1. The standard InChI is InChI=1S/C13H17ClN2O3/c1-8(2)12(14)7-15-13(17)11-6-10(16(18)19)5-4-9(11)3/h4-6,8,12H,7H2,1-3H3,(H,15,17). The van der Waals surface area contributed by atoms with Gasteiger partial charge in [0.25, 0.3) is 11.6 Å². The van der Waals surface area contributed by atoms with E-state index in [0.29, 0.717) is 17.7 Å². The van der Waals surface area contributed by atoms with Crippen LogP contribution >= 0.6 is 11.6 Å². The van der Waals surface area contributed by atoms with E-state index in [0.717, 1.165) is 0 Å². The van der Waals surface area contributed by atoms with Crippen LogP contribution in [0, 0.1) is 23.0 Å². The maximum atomic E-state index is 12.0. The topological polar surface area (TPSA) is 72.2 Å². The van der Waals surface area contributed by atoms with Gasteiger partial charge >= 0.3 is 0 Å². The average molecular weight is 285 g/mol. The number of halogens is 1. The normalized spacial score (nSPS) is 12.3. The molecule has 19 heavy (non-hydrogen) atoms. The Morgan fingerprint density at radius 1 is 1.47 bits per heavy atom. The summed E-state index contributed by atoms with van der Waals surface area (Å²) in [7, 11) is 0. The zero-order chi connectivity index (χ0) is 14.6. The number of nitrogens with zero attached hydrogens (tertiary/aromatic N) is 1. The molecule has 1 rings (SSSR count). The van der Waals surface area contributed by atoms with Gasteiger partial charge in [-0.25, -0.2) is 0 Å². The molecule has 1 aromatic carbocycles. The Balaban J connectivity index is 2.82. The van der Waals surface area contributed by atoms with Gasteiger partial charge in [0.1, 0.15) is 0 Å². The van der Waals surface area contributed by atoms with Crippen molar-refractivity contribution in [3.63, 3.8) is 0 Å². The van der Waals surface area contributed by atoms with E-state index in [2.05, 4.69) is 5.32 Å². The molecule has 1 aromatic rings. The SMILES string of the molecule is Cc1ccc([N+](=O)[O-])cc1C(=O)NCC(Cl)C(C)C. The molecule has 0 aliphatic heterocycles. The third-order valence-corrected chi connectivity index (χ3v) is 3.52. The minimum Gasteiger partial charge on any atom is -0.351 e. The highest BCUT2D eigenvalue weighted by Crippen LogP contribution is 2.17. The second-order valence-corrected chi connectivity index (χ2v) is 5.29. The fraction of sp³-hybridized carbons (Fsp3) is 0.462. The summed E-state index contributed by atoms with van der Waals surface area (Å²) in [5.74, 6) is -0.0966. The van der Waals surface area contributed by atoms with Crippen molar-refractivity contribution in [2.45, 2.75) is 26.1 Å². The van der Waals surface area contributed by atoms with Crippen molar-refractivity contribution >= 4 is 23.2 Å². The largest absolute Gasteiger partial charge is 0.351 e. The van der Waals surface area contributed by atoms with Crippen LogP contribution in [0.15, 0.2) is 18.2 Å². The highest BCUT2D eigenvalue weighted by molar-refractivity contribution is 6.21. The zero-order valence-electron chi connectivity index (χ0n) is 11.1. The molecule has 5 nitrogen and oxygen atoms in total. The number of rotatable bonds is 5. The molecule has 104 valence electrons. The van der Waals surface area contributed by atoms with E-state index >= 15 is 0 Å². The molecular weight excluding hydrogens is 268 g/mol. The van der Waals surface area contributed by atoms with Gasteiger partial charge in [0.2, 0.25) is 0 Å². The van der Waals surface area contributed by atoms with E-state index in [9.17, 15) is 14.9 Å². The van der Waals surface area contributed by atoms with Crippen molar-refractivity contribution in [2.75, 3.05) is 6.54 Å². The number of non-ortho nitro benzene ring substituents is 1. The molecule has 0 bridgehead atoms. The fourth-order valence-electron chi connectivity index (χ4n) is 1.49. The predicted octanol–water partition coefficient (Wildman–Crippen LogP) is 2.90. The number of hydrogen-bond donors (Lipinski definition) is 1. The van der Waals surface area contributed by atoms with Crippen LogP contribution in [0.2, 0.25) is 0 Å². The van der Waals surface area contributed by atoms with E-state index in [1.807, 2.05) is 13.8 Å². The van der Waals surface area contributed by atoms with Gasteiger partial charge in [-0.05, 0) is 18.4 Å². The molecule has 0 aliphatic rings. The smallest absolute Gasteiger partial charge is 0.270 e. The van der Waals surface area contributed by atoms with E-state index < -0.39 is 4.92 Å². The minimum atomic E-state index is -0.519. The van der Waals surface area contributed by atoms with Crippen molar-refractivity contribution in [2.24, 2.45) is 5.92 Å². The van der Waals surface area contributed by atoms with Crippen molar-refractivity contribution in [3.05, 3.63) is 39.4 Å². The van der Waals surface area contributed by atoms with Crippen molar-refractivity contribution < 1.29 is 9.72 Å². The summed E-state index contributed by atoms with van der Waals surface area (Å²) in [5.41, 5.74) is 0.905. The van der Waals surface area contributed by atoms with Gasteiger partial charge < -0.3 is 5.32 Å². The van der Waals surface area contributed by atoms with Gasteiger partial charge in [-0.2, -0.15) is 0 Å². The Bertz CT molecular complexity index is 489.